The van der Waals surface area contributed by atoms with Gasteiger partial charge in [0, 0.05) is 6.42 Å². The number of allylic oxidation sites excluding steroid dienone is 2. The zero-order valence-electron chi connectivity index (χ0n) is 16.3. The Bertz CT molecular complexity index is 354. The quantitative estimate of drug-likeness (QED) is 0.252. The Labute approximate surface area is 150 Å². The fourth-order valence-corrected chi connectivity index (χ4v) is 3.75. The molecule has 0 saturated carbocycles. The van der Waals surface area contributed by atoms with Crippen molar-refractivity contribution in [2.45, 2.75) is 90.6 Å². The van der Waals surface area contributed by atoms with Gasteiger partial charge in [-0.05, 0) is 39.0 Å². The molecule has 3 nitrogen and oxygen atoms in total. The van der Waals surface area contributed by atoms with Gasteiger partial charge in [-0.15, -0.1) is 0 Å². The van der Waals surface area contributed by atoms with Gasteiger partial charge >= 0.3 is 0 Å². The SMILES string of the molecule is CCCCCC/C=C/CCCCCCC1N=CC[N+]1(CC)CCO. The Morgan fingerprint density at radius 3 is 2.29 bits per heavy atom. The van der Waals surface area contributed by atoms with Crippen molar-refractivity contribution in [1.82, 2.24) is 0 Å². The molecule has 0 radical (unpaired) electrons. The number of aliphatic hydroxyl groups is 1. The largest absolute Gasteiger partial charge is 0.391 e. The van der Waals surface area contributed by atoms with Gasteiger partial charge in [-0.3, -0.25) is 4.48 Å². The molecule has 1 aliphatic heterocycles. The minimum Gasteiger partial charge on any atom is -0.391 e. The van der Waals surface area contributed by atoms with E-state index in [1.165, 1.54) is 70.6 Å². The fourth-order valence-electron chi connectivity index (χ4n) is 3.75. The van der Waals surface area contributed by atoms with E-state index in [0.29, 0.717) is 6.17 Å². The Hall–Kier alpha value is -0.670. The monoisotopic (exact) mass is 337 g/mol. The Balaban J connectivity index is 2.02. The molecule has 0 aliphatic carbocycles. The van der Waals surface area contributed by atoms with Crippen LogP contribution in [0.1, 0.15) is 84.5 Å². The first-order valence-corrected chi connectivity index (χ1v) is 10.4. The Morgan fingerprint density at radius 1 is 1.00 bits per heavy atom. The van der Waals surface area contributed by atoms with E-state index in [0.717, 1.165) is 24.1 Å². The molecule has 0 amide bonds. The van der Waals surface area contributed by atoms with E-state index in [9.17, 15) is 5.11 Å². The molecule has 1 rings (SSSR count). The van der Waals surface area contributed by atoms with Crippen molar-refractivity contribution in [1.29, 1.82) is 0 Å². The lowest BCUT2D eigenvalue weighted by atomic mass is 10.1. The number of hydrogen-bond acceptors (Lipinski definition) is 2. The first-order chi connectivity index (χ1) is 11.8. The van der Waals surface area contributed by atoms with Crippen molar-refractivity contribution in [3.05, 3.63) is 12.2 Å². The molecule has 0 aromatic rings. The average Bonchev–Trinajstić information content (AvgIpc) is 2.99. The lowest BCUT2D eigenvalue weighted by molar-refractivity contribution is -0.936. The van der Waals surface area contributed by atoms with Crippen LogP contribution in [-0.2, 0) is 0 Å². The molecule has 2 atom stereocenters. The van der Waals surface area contributed by atoms with Crippen LogP contribution >= 0.6 is 0 Å². The van der Waals surface area contributed by atoms with E-state index in [1.807, 2.05) is 0 Å². The minimum atomic E-state index is 0.276. The summed E-state index contributed by atoms with van der Waals surface area (Å²) in [5, 5.41) is 9.34. The molecule has 0 saturated heterocycles. The van der Waals surface area contributed by atoms with Crippen molar-refractivity contribution in [2.75, 3.05) is 26.2 Å². The van der Waals surface area contributed by atoms with E-state index >= 15 is 0 Å². The minimum absolute atomic E-state index is 0.276. The summed E-state index contributed by atoms with van der Waals surface area (Å²) in [6.07, 6.45) is 21.6. The second kappa shape index (κ2) is 13.6. The highest BCUT2D eigenvalue weighted by Gasteiger charge is 2.36. The van der Waals surface area contributed by atoms with Crippen molar-refractivity contribution >= 4 is 6.21 Å². The number of unbranched alkanes of at least 4 members (excludes halogenated alkanes) is 8. The highest BCUT2D eigenvalue weighted by molar-refractivity contribution is 5.60. The van der Waals surface area contributed by atoms with E-state index in [2.05, 4.69) is 32.2 Å². The summed E-state index contributed by atoms with van der Waals surface area (Å²) in [6.45, 7) is 7.70. The van der Waals surface area contributed by atoms with Gasteiger partial charge < -0.3 is 5.11 Å². The van der Waals surface area contributed by atoms with Crippen LogP contribution in [0.2, 0.25) is 0 Å². The molecule has 24 heavy (non-hydrogen) atoms. The summed E-state index contributed by atoms with van der Waals surface area (Å²) in [5.74, 6) is 0. The van der Waals surface area contributed by atoms with E-state index in [1.54, 1.807) is 0 Å². The zero-order valence-corrected chi connectivity index (χ0v) is 16.3. The zero-order chi connectivity index (χ0) is 17.5. The van der Waals surface area contributed by atoms with Gasteiger partial charge in [0.1, 0.15) is 13.1 Å². The first-order valence-electron chi connectivity index (χ1n) is 10.4. The van der Waals surface area contributed by atoms with Crippen LogP contribution in [0.3, 0.4) is 0 Å². The third-order valence-corrected chi connectivity index (χ3v) is 5.50. The highest BCUT2D eigenvalue weighted by atomic mass is 16.3. The molecule has 1 aliphatic rings. The van der Waals surface area contributed by atoms with E-state index in [4.69, 9.17) is 4.99 Å². The first kappa shape index (κ1) is 21.4. The van der Waals surface area contributed by atoms with Gasteiger partial charge in [-0.25, -0.2) is 4.99 Å². The summed E-state index contributed by atoms with van der Waals surface area (Å²) in [4.78, 5) is 4.69. The standard InChI is InChI=1S/C21H41N2O/c1-3-5-6-7-8-9-10-11-12-13-14-15-16-21-22-17-18-23(21,4-2)19-20-24/h9-10,17,21,24H,3-8,11-16,18-20H2,1-2H3/q+1/b10-9+. The van der Waals surface area contributed by atoms with Gasteiger partial charge in [-0.1, -0.05) is 51.2 Å². The molecule has 0 aromatic heterocycles. The molecular formula is C21H41N2O+. The van der Waals surface area contributed by atoms with Gasteiger partial charge in [0.25, 0.3) is 0 Å². The van der Waals surface area contributed by atoms with Crippen molar-refractivity contribution < 1.29 is 9.59 Å². The lowest BCUT2D eigenvalue weighted by Gasteiger charge is -2.37. The van der Waals surface area contributed by atoms with Crippen molar-refractivity contribution in [2.24, 2.45) is 4.99 Å². The maximum atomic E-state index is 9.34. The summed E-state index contributed by atoms with van der Waals surface area (Å²) in [7, 11) is 0. The number of likely N-dealkylation sites (N-methyl/N-ethyl adjacent to an activating group) is 1. The number of aliphatic hydroxyl groups excluding tert-OH is 1. The predicted octanol–water partition coefficient (Wildman–Crippen LogP) is 5.09. The van der Waals surface area contributed by atoms with Crippen molar-refractivity contribution in [3.8, 4) is 0 Å². The molecule has 2 unspecified atom stereocenters. The number of quaternary nitrogens is 1. The van der Waals surface area contributed by atoms with Gasteiger partial charge in [-0.2, -0.15) is 0 Å². The third-order valence-electron chi connectivity index (χ3n) is 5.50. The van der Waals surface area contributed by atoms with Gasteiger partial charge in [0.2, 0.25) is 0 Å². The van der Waals surface area contributed by atoms with Gasteiger partial charge in [0.15, 0.2) is 6.17 Å². The molecule has 0 aromatic carbocycles. The molecule has 0 fully saturated rings. The smallest absolute Gasteiger partial charge is 0.182 e. The number of nitrogens with zero attached hydrogens (tertiary/aromatic N) is 2. The maximum absolute atomic E-state index is 9.34. The molecule has 3 heteroatoms. The summed E-state index contributed by atoms with van der Waals surface area (Å²) < 4.78 is 0.970. The summed E-state index contributed by atoms with van der Waals surface area (Å²) in [6, 6.07) is 0. The number of rotatable bonds is 15. The molecule has 0 spiro atoms. The Morgan fingerprint density at radius 2 is 1.67 bits per heavy atom. The third kappa shape index (κ3) is 7.94. The van der Waals surface area contributed by atoms with Crippen LogP contribution in [0.5, 0.6) is 0 Å². The van der Waals surface area contributed by atoms with Crippen LogP contribution in [0.4, 0.5) is 0 Å². The van der Waals surface area contributed by atoms with Gasteiger partial charge in [0.05, 0.1) is 19.4 Å². The second-order valence-electron chi connectivity index (χ2n) is 7.29. The van der Waals surface area contributed by atoms with Crippen LogP contribution in [0.25, 0.3) is 0 Å². The summed E-state index contributed by atoms with van der Waals surface area (Å²) in [5.41, 5.74) is 0. The molecule has 1 N–H and O–H groups in total. The van der Waals surface area contributed by atoms with E-state index < -0.39 is 0 Å². The molecule has 0 bridgehead atoms. The van der Waals surface area contributed by atoms with E-state index in [-0.39, 0.29) is 6.61 Å². The lowest BCUT2D eigenvalue weighted by Crippen LogP contribution is -2.53. The number of aliphatic imine (C=N–C) groups is 1. The molecule has 1 heterocycles. The maximum Gasteiger partial charge on any atom is 0.182 e. The molecular weight excluding hydrogens is 296 g/mol. The predicted molar refractivity (Wildman–Crippen MR) is 106 cm³/mol. The van der Waals surface area contributed by atoms with Crippen LogP contribution < -0.4 is 0 Å². The van der Waals surface area contributed by atoms with Crippen LogP contribution in [-0.4, -0.2) is 48.2 Å². The second-order valence-corrected chi connectivity index (χ2v) is 7.29. The fraction of sp³-hybridized carbons (Fsp3) is 0.857. The summed E-state index contributed by atoms with van der Waals surface area (Å²) >= 11 is 0. The topological polar surface area (TPSA) is 32.6 Å². The van der Waals surface area contributed by atoms with Crippen LogP contribution in [0, 0.1) is 0 Å². The highest BCUT2D eigenvalue weighted by Crippen LogP contribution is 2.23. The Kier molecular flexibility index (Phi) is 12.1. The number of hydrogen-bond donors (Lipinski definition) is 1. The average molecular weight is 338 g/mol. The van der Waals surface area contributed by atoms with Crippen LogP contribution in [0.15, 0.2) is 17.1 Å². The van der Waals surface area contributed by atoms with Crippen molar-refractivity contribution in [3.63, 3.8) is 0 Å². The normalized spacial score (nSPS) is 23.5. The molecule has 140 valence electrons.